The molecule has 1 aromatic carbocycles. The summed E-state index contributed by atoms with van der Waals surface area (Å²) in [5.74, 6) is 0.538. The van der Waals surface area contributed by atoms with Gasteiger partial charge in [-0.25, -0.2) is 4.68 Å². The third-order valence-corrected chi connectivity index (χ3v) is 3.73. The molecule has 106 valence electrons. The van der Waals surface area contributed by atoms with Crippen molar-refractivity contribution >= 4 is 17.3 Å². The van der Waals surface area contributed by atoms with Gasteiger partial charge in [-0.3, -0.25) is 0 Å². The van der Waals surface area contributed by atoms with Gasteiger partial charge in [-0.05, 0) is 47.4 Å². The number of nitrogens with zero attached hydrogens (tertiary/aromatic N) is 4. The first-order valence-electron chi connectivity index (χ1n) is 6.67. The van der Waals surface area contributed by atoms with Crippen LogP contribution >= 0.6 is 11.6 Å². The molecule has 0 saturated carbocycles. The van der Waals surface area contributed by atoms with E-state index in [1.807, 2.05) is 18.2 Å². The third-order valence-electron chi connectivity index (χ3n) is 3.40. The highest BCUT2D eigenvalue weighted by atomic mass is 35.5. The topological polar surface area (TPSA) is 64.9 Å². The Labute approximate surface area is 122 Å². The van der Waals surface area contributed by atoms with Gasteiger partial charge in [0.1, 0.15) is 6.33 Å². The number of nitrogens with one attached hydrogen (secondary N) is 1. The van der Waals surface area contributed by atoms with Gasteiger partial charge in [0.25, 0.3) is 0 Å². The van der Waals surface area contributed by atoms with Crippen LogP contribution in [0, 0.1) is 5.92 Å². The molecule has 0 aliphatic carbocycles. The van der Waals surface area contributed by atoms with Crippen LogP contribution in [0.5, 0.6) is 0 Å². The van der Waals surface area contributed by atoms with Crippen molar-refractivity contribution in [2.24, 2.45) is 5.92 Å². The minimum atomic E-state index is 0.538. The Morgan fingerprint density at radius 1 is 1.45 bits per heavy atom. The summed E-state index contributed by atoms with van der Waals surface area (Å²) in [4.78, 5) is 0. The number of tetrazole rings is 1. The van der Waals surface area contributed by atoms with Crippen molar-refractivity contribution in [1.82, 2.24) is 20.2 Å². The van der Waals surface area contributed by atoms with Gasteiger partial charge in [0.2, 0.25) is 0 Å². The van der Waals surface area contributed by atoms with Crippen LogP contribution in [0.3, 0.4) is 0 Å². The normalized spacial score (nSPS) is 18.9. The monoisotopic (exact) mass is 293 g/mol. The van der Waals surface area contributed by atoms with E-state index in [1.165, 1.54) is 6.42 Å². The van der Waals surface area contributed by atoms with Crippen LogP contribution in [0.2, 0.25) is 5.02 Å². The van der Waals surface area contributed by atoms with E-state index in [2.05, 4.69) is 20.8 Å². The average molecular weight is 294 g/mol. The van der Waals surface area contributed by atoms with E-state index < -0.39 is 0 Å². The Hall–Kier alpha value is -1.66. The highest BCUT2D eigenvalue weighted by Crippen LogP contribution is 2.25. The lowest BCUT2D eigenvalue weighted by atomic mass is 10.0. The summed E-state index contributed by atoms with van der Waals surface area (Å²) in [6, 6.07) is 5.67. The van der Waals surface area contributed by atoms with Gasteiger partial charge in [-0.15, -0.1) is 5.10 Å². The number of anilines is 1. The molecule has 0 spiro atoms. The SMILES string of the molecule is Clc1ccc(-n2cnnn2)cc1NCC1CCCOC1. The first-order valence-corrected chi connectivity index (χ1v) is 7.05. The maximum absolute atomic E-state index is 6.22. The lowest BCUT2D eigenvalue weighted by molar-refractivity contribution is 0.0595. The van der Waals surface area contributed by atoms with Crippen molar-refractivity contribution in [1.29, 1.82) is 0 Å². The molecule has 0 amide bonds. The van der Waals surface area contributed by atoms with Gasteiger partial charge < -0.3 is 10.1 Å². The minimum absolute atomic E-state index is 0.538. The highest BCUT2D eigenvalue weighted by Gasteiger charge is 2.14. The fourth-order valence-electron chi connectivity index (χ4n) is 2.29. The molecule has 20 heavy (non-hydrogen) atoms. The molecule has 2 heterocycles. The van der Waals surface area contributed by atoms with Crippen LogP contribution in [0.1, 0.15) is 12.8 Å². The van der Waals surface area contributed by atoms with Crippen LogP contribution in [-0.2, 0) is 4.74 Å². The van der Waals surface area contributed by atoms with Crippen LogP contribution in [0.4, 0.5) is 5.69 Å². The Balaban J connectivity index is 1.70. The number of hydrogen-bond acceptors (Lipinski definition) is 5. The number of benzene rings is 1. The van der Waals surface area contributed by atoms with Crippen molar-refractivity contribution < 1.29 is 4.74 Å². The molecule has 1 aliphatic rings. The molecule has 2 aromatic rings. The number of rotatable bonds is 4. The molecule has 1 atom stereocenters. The summed E-state index contributed by atoms with van der Waals surface area (Å²) in [6.45, 7) is 2.56. The largest absolute Gasteiger partial charge is 0.383 e. The van der Waals surface area contributed by atoms with E-state index in [9.17, 15) is 0 Å². The molecule has 1 N–H and O–H groups in total. The molecule has 1 aromatic heterocycles. The van der Waals surface area contributed by atoms with Gasteiger partial charge in [0.15, 0.2) is 0 Å². The summed E-state index contributed by atoms with van der Waals surface area (Å²) in [5.41, 5.74) is 1.77. The first kappa shape index (κ1) is 13.3. The predicted molar refractivity (Wildman–Crippen MR) is 76.2 cm³/mol. The molecule has 3 rings (SSSR count). The minimum Gasteiger partial charge on any atom is -0.383 e. The number of halogens is 1. The van der Waals surface area contributed by atoms with E-state index in [-0.39, 0.29) is 0 Å². The molecule has 0 bridgehead atoms. The van der Waals surface area contributed by atoms with Crippen molar-refractivity contribution in [3.05, 3.63) is 29.5 Å². The molecular formula is C13H16ClN5O. The predicted octanol–water partition coefficient (Wildman–Crippen LogP) is 2.15. The van der Waals surface area contributed by atoms with Crippen LogP contribution in [0.25, 0.3) is 5.69 Å². The quantitative estimate of drug-likeness (QED) is 0.936. The second kappa shape index (κ2) is 6.19. The fourth-order valence-corrected chi connectivity index (χ4v) is 2.48. The van der Waals surface area contributed by atoms with Crippen LogP contribution < -0.4 is 5.32 Å². The summed E-state index contributed by atoms with van der Waals surface area (Å²) < 4.78 is 7.08. The summed E-state index contributed by atoms with van der Waals surface area (Å²) in [5, 5.41) is 15.2. The van der Waals surface area contributed by atoms with E-state index in [1.54, 1.807) is 11.0 Å². The van der Waals surface area contributed by atoms with Gasteiger partial charge in [0, 0.05) is 13.2 Å². The maximum Gasteiger partial charge on any atom is 0.143 e. The number of aromatic nitrogens is 4. The lowest BCUT2D eigenvalue weighted by Crippen LogP contribution is -2.24. The second-order valence-corrected chi connectivity index (χ2v) is 5.29. The van der Waals surface area contributed by atoms with Crippen LogP contribution in [0.15, 0.2) is 24.5 Å². The molecule has 7 heteroatoms. The highest BCUT2D eigenvalue weighted by molar-refractivity contribution is 6.33. The Bertz CT molecular complexity index is 554. The zero-order chi connectivity index (χ0) is 13.8. The smallest absolute Gasteiger partial charge is 0.143 e. The first-order chi connectivity index (χ1) is 9.83. The van der Waals surface area contributed by atoms with E-state index in [0.29, 0.717) is 10.9 Å². The molecular weight excluding hydrogens is 278 g/mol. The molecule has 1 aliphatic heterocycles. The van der Waals surface area contributed by atoms with Gasteiger partial charge >= 0.3 is 0 Å². The second-order valence-electron chi connectivity index (χ2n) is 4.88. The number of ether oxygens (including phenoxy) is 1. The van der Waals surface area contributed by atoms with Gasteiger partial charge in [-0.2, -0.15) is 0 Å². The lowest BCUT2D eigenvalue weighted by Gasteiger charge is -2.23. The van der Waals surface area contributed by atoms with Gasteiger partial charge in [-0.1, -0.05) is 11.6 Å². The Morgan fingerprint density at radius 3 is 3.15 bits per heavy atom. The maximum atomic E-state index is 6.22. The van der Waals surface area contributed by atoms with Crippen molar-refractivity contribution in [3.63, 3.8) is 0 Å². The Kier molecular flexibility index (Phi) is 4.13. The molecule has 1 unspecified atom stereocenters. The third kappa shape index (κ3) is 3.08. The summed E-state index contributed by atoms with van der Waals surface area (Å²) in [7, 11) is 0. The summed E-state index contributed by atoms with van der Waals surface area (Å²) in [6.07, 6.45) is 3.88. The molecule has 6 nitrogen and oxygen atoms in total. The average Bonchev–Trinajstić information content (AvgIpc) is 3.02. The van der Waals surface area contributed by atoms with Gasteiger partial charge in [0.05, 0.1) is 23.0 Å². The van der Waals surface area contributed by atoms with E-state index in [4.69, 9.17) is 16.3 Å². The zero-order valence-corrected chi connectivity index (χ0v) is 11.8. The Morgan fingerprint density at radius 2 is 2.40 bits per heavy atom. The zero-order valence-electron chi connectivity index (χ0n) is 11.0. The fraction of sp³-hybridized carbons (Fsp3) is 0.462. The molecule has 1 fully saturated rings. The van der Waals surface area contributed by atoms with E-state index in [0.717, 1.165) is 37.6 Å². The standard InChI is InChI=1S/C13H16ClN5O/c14-12-4-3-11(19-9-16-17-18-19)6-13(12)15-7-10-2-1-5-20-8-10/h3-4,6,9-10,15H,1-2,5,7-8H2. The van der Waals surface area contributed by atoms with Crippen molar-refractivity contribution in [3.8, 4) is 5.69 Å². The molecule has 0 radical (unpaired) electrons. The molecule has 1 saturated heterocycles. The number of hydrogen-bond donors (Lipinski definition) is 1. The summed E-state index contributed by atoms with van der Waals surface area (Å²) >= 11 is 6.22. The van der Waals surface area contributed by atoms with E-state index >= 15 is 0 Å². The van der Waals surface area contributed by atoms with Crippen molar-refractivity contribution in [2.75, 3.05) is 25.1 Å². The van der Waals surface area contributed by atoms with Crippen LogP contribution in [-0.4, -0.2) is 40.0 Å². The van der Waals surface area contributed by atoms with Crippen molar-refractivity contribution in [2.45, 2.75) is 12.8 Å².